The Labute approximate surface area is 198 Å². The fraction of sp³-hybridized carbons (Fsp3) is 0.217. The molecule has 10 heteroatoms. The second kappa shape index (κ2) is 10.7. The topological polar surface area (TPSA) is 75.6 Å². The Hall–Kier alpha value is -3.09. The van der Waals surface area contributed by atoms with E-state index in [2.05, 4.69) is 19.2 Å². The molecule has 0 aliphatic rings. The van der Waals surface area contributed by atoms with Crippen LogP contribution in [0.15, 0.2) is 48.7 Å². The Morgan fingerprint density at radius 2 is 1.85 bits per heavy atom. The Morgan fingerprint density at radius 3 is 2.52 bits per heavy atom. The summed E-state index contributed by atoms with van der Waals surface area (Å²) in [7, 11) is 5.60. The van der Waals surface area contributed by atoms with Gasteiger partial charge >= 0.3 is 0 Å². The van der Waals surface area contributed by atoms with Gasteiger partial charge in [0.2, 0.25) is 18.6 Å². The van der Waals surface area contributed by atoms with E-state index in [-0.39, 0.29) is 18.1 Å². The molecule has 1 unspecified atom stereocenters. The molecule has 1 aromatic heterocycles. The summed E-state index contributed by atoms with van der Waals surface area (Å²) in [4.78, 5) is 36.6. The third kappa shape index (κ3) is 5.83. The average Bonchev–Trinajstić information content (AvgIpc) is 2.79. The van der Waals surface area contributed by atoms with Crippen molar-refractivity contribution in [1.29, 1.82) is 0 Å². The van der Waals surface area contributed by atoms with Gasteiger partial charge in [-0.15, -0.1) is 9.24 Å². The van der Waals surface area contributed by atoms with Crippen LogP contribution in [0.5, 0.6) is 5.75 Å². The number of alkyl halides is 1. The lowest BCUT2D eigenvalue weighted by molar-refractivity contribution is -0.118. The molecule has 0 N–H and O–H groups in total. The van der Waals surface area contributed by atoms with Crippen LogP contribution in [0.3, 0.4) is 0 Å². The molecule has 0 saturated carbocycles. The molecule has 1 atom stereocenters. The molecule has 0 spiro atoms. The van der Waals surface area contributed by atoms with E-state index < -0.39 is 18.7 Å². The van der Waals surface area contributed by atoms with Gasteiger partial charge < -0.3 is 14.5 Å². The number of hydrogen-bond acceptors (Lipinski definition) is 5. The molecule has 3 aromatic rings. The zero-order valence-electron chi connectivity index (χ0n) is 18.4. The first-order valence-electron chi connectivity index (χ1n) is 9.91. The molecule has 2 amide bonds. The van der Waals surface area contributed by atoms with Crippen molar-refractivity contribution >= 4 is 43.6 Å². The molecular weight excluding hydrogens is 466 g/mol. The summed E-state index contributed by atoms with van der Waals surface area (Å²) < 4.78 is 17.8. The van der Waals surface area contributed by atoms with Crippen molar-refractivity contribution < 1.29 is 18.7 Å². The monoisotopic (exact) mass is 488 g/mol. The van der Waals surface area contributed by atoms with Crippen LogP contribution in [0.1, 0.15) is 16.2 Å². The molecule has 2 aromatic carbocycles. The van der Waals surface area contributed by atoms with Crippen molar-refractivity contribution in [3.63, 3.8) is 0 Å². The van der Waals surface area contributed by atoms with Crippen molar-refractivity contribution in [2.45, 2.75) is 6.92 Å². The van der Waals surface area contributed by atoms with E-state index in [1.807, 2.05) is 31.2 Å². The van der Waals surface area contributed by atoms with Crippen LogP contribution in [0.4, 0.5) is 10.1 Å². The van der Waals surface area contributed by atoms with Crippen LogP contribution in [0, 0.1) is 6.92 Å². The number of nitrogens with zero attached hydrogens (tertiary/aromatic N) is 4. The number of hydrogen-bond donors (Lipinski definition) is 0. The van der Waals surface area contributed by atoms with Crippen molar-refractivity contribution in [2.24, 2.45) is 0 Å². The molecule has 0 aliphatic carbocycles. The lowest BCUT2D eigenvalue weighted by atomic mass is 10.1. The Balaban J connectivity index is 1.77. The largest absolute Gasteiger partial charge is 0.461 e. The Kier molecular flexibility index (Phi) is 7.95. The molecule has 0 radical (unpaired) electrons. The first-order valence-corrected chi connectivity index (χ1v) is 10.9. The number of rotatable bonds is 7. The fourth-order valence-electron chi connectivity index (χ4n) is 3.07. The van der Waals surface area contributed by atoms with E-state index in [4.69, 9.17) is 16.3 Å². The van der Waals surface area contributed by atoms with Gasteiger partial charge in [0.25, 0.3) is 5.91 Å². The van der Waals surface area contributed by atoms with Gasteiger partial charge in [0.15, 0.2) is 0 Å². The SMILES string of the molecule is Cc1ccc(N(C)C(=O)CN(C)C(=O)c2ncc(Cl)c(-c3ccc(P)cc3)n2)c(OCF)c1. The summed E-state index contributed by atoms with van der Waals surface area (Å²) in [5.41, 5.74) is 2.41. The number of carbonyl (C=O) groups is 2. The molecule has 0 bridgehead atoms. The van der Waals surface area contributed by atoms with Gasteiger partial charge in [-0.05, 0) is 29.9 Å². The van der Waals surface area contributed by atoms with Crippen molar-refractivity contribution in [2.75, 3.05) is 32.4 Å². The van der Waals surface area contributed by atoms with Crippen LogP contribution in [0.2, 0.25) is 5.02 Å². The van der Waals surface area contributed by atoms with Crippen LogP contribution in [-0.2, 0) is 4.79 Å². The maximum Gasteiger partial charge on any atom is 0.291 e. The van der Waals surface area contributed by atoms with Gasteiger partial charge in [-0.2, -0.15) is 0 Å². The number of aromatic nitrogens is 2. The average molecular weight is 489 g/mol. The molecular formula is C23H23ClFN4O3P. The number of halogens is 2. The third-order valence-electron chi connectivity index (χ3n) is 4.90. The Morgan fingerprint density at radius 1 is 1.15 bits per heavy atom. The first kappa shape index (κ1) is 24.6. The lowest BCUT2D eigenvalue weighted by Gasteiger charge is -2.23. The third-order valence-corrected chi connectivity index (χ3v) is 5.56. The Bertz CT molecular complexity index is 1180. The molecule has 0 fully saturated rings. The molecule has 0 saturated heterocycles. The highest BCUT2D eigenvalue weighted by atomic mass is 35.5. The molecule has 7 nitrogen and oxygen atoms in total. The van der Waals surface area contributed by atoms with Gasteiger partial charge in [-0.25, -0.2) is 14.4 Å². The molecule has 33 heavy (non-hydrogen) atoms. The van der Waals surface area contributed by atoms with Crippen molar-refractivity contribution in [1.82, 2.24) is 14.9 Å². The maximum atomic E-state index is 12.9. The highest BCUT2D eigenvalue weighted by Gasteiger charge is 2.23. The number of carbonyl (C=O) groups excluding carboxylic acids is 2. The summed E-state index contributed by atoms with van der Waals surface area (Å²) in [6.07, 6.45) is 1.36. The molecule has 172 valence electrons. The number of likely N-dealkylation sites (N-methyl/N-ethyl adjacent to an activating group) is 2. The van der Waals surface area contributed by atoms with Gasteiger partial charge in [0, 0.05) is 19.7 Å². The van der Waals surface area contributed by atoms with E-state index in [1.165, 1.54) is 30.1 Å². The highest BCUT2D eigenvalue weighted by Crippen LogP contribution is 2.29. The minimum absolute atomic E-state index is 0.0842. The minimum atomic E-state index is -1.02. The summed E-state index contributed by atoms with van der Waals surface area (Å²) in [6.45, 7) is 0.563. The van der Waals surface area contributed by atoms with E-state index >= 15 is 0 Å². The van der Waals surface area contributed by atoms with Gasteiger partial charge in [0.1, 0.15) is 12.3 Å². The standard InChI is InChI=1S/C23H23ClFN4O3P/c1-14-4-9-18(19(10-14)32-13-25)29(3)20(30)12-28(2)23(31)22-26-11-17(24)21(27-22)15-5-7-16(33)8-6-15/h4-11H,12-13,33H2,1-3H3. The van der Waals surface area contributed by atoms with Crippen LogP contribution >= 0.6 is 20.8 Å². The second-order valence-electron chi connectivity index (χ2n) is 7.35. The minimum Gasteiger partial charge on any atom is -0.461 e. The van der Waals surface area contributed by atoms with Crippen LogP contribution < -0.4 is 14.9 Å². The predicted octanol–water partition coefficient (Wildman–Crippen LogP) is 3.65. The maximum absolute atomic E-state index is 12.9. The number of aryl methyl sites for hydroxylation is 1. The number of amides is 2. The molecule has 0 aliphatic heterocycles. The van der Waals surface area contributed by atoms with Crippen molar-refractivity contribution in [3.05, 3.63) is 65.1 Å². The van der Waals surface area contributed by atoms with E-state index in [9.17, 15) is 14.0 Å². The van der Waals surface area contributed by atoms with Crippen molar-refractivity contribution in [3.8, 4) is 17.0 Å². The first-order chi connectivity index (χ1) is 15.7. The molecule has 3 rings (SSSR count). The number of benzene rings is 2. The predicted molar refractivity (Wildman–Crippen MR) is 130 cm³/mol. The van der Waals surface area contributed by atoms with Crippen LogP contribution in [0.25, 0.3) is 11.3 Å². The smallest absolute Gasteiger partial charge is 0.291 e. The normalized spacial score (nSPS) is 10.6. The highest BCUT2D eigenvalue weighted by molar-refractivity contribution is 7.27. The van der Waals surface area contributed by atoms with Gasteiger partial charge in [-0.3, -0.25) is 9.59 Å². The van der Waals surface area contributed by atoms with Gasteiger partial charge in [-0.1, -0.05) is 41.9 Å². The zero-order chi connectivity index (χ0) is 24.1. The fourth-order valence-corrected chi connectivity index (χ4v) is 3.46. The lowest BCUT2D eigenvalue weighted by Crippen LogP contribution is -2.40. The molecule has 1 heterocycles. The quantitative estimate of drug-likeness (QED) is 0.475. The second-order valence-corrected chi connectivity index (χ2v) is 8.42. The van der Waals surface area contributed by atoms with E-state index in [1.54, 1.807) is 18.2 Å². The van der Waals surface area contributed by atoms with Gasteiger partial charge in [0.05, 0.1) is 22.6 Å². The zero-order valence-corrected chi connectivity index (χ0v) is 20.3. The summed E-state index contributed by atoms with van der Waals surface area (Å²) >= 11 is 6.25. The summed E-state index contributed by atoms with van der Waals surface area (Å²) in [5.74, 6) is -0.784. The van der Waals surface area contributed by atoms with E-state index in [0.29, 0.717) is 16.4 Å². The number of ether oxygens (including phenoxy) is 1. The van der Waals surface area contributed by atoms with E-state index in [0.717, 1.165) is 16.4 Å². The number of anilines is 1. The van der Waals surface area contributed by atoms with Crippen LogP contribution in [-0.4, -0.2) is 54.2 Å². The summed E-state index contributed by atoms with van der Waals surface area (Å²) in [5, 5.41) is 1.30. The summed E-state index contributed by atoms with van der Waals surface area (Å²) in [6, 6.07) is 12.5.